The third-order valence-electron chi connectivity index (χ3n) is 5.64. The number of ether oxygens (including phenoxy) is 1. The first-order valence-corrected chi connectivity index (χ1v) is 8.73. The van der Waals surface area contributed by atoms with E-state index in [1.807, 2.05) is 0 Å². The number of hydrogen-bond donors (Lipinski definition) is 0. The molecule has 0 N–H and O–H groups in total. The SMILES string of the molecule is CCCCCCCC1(C)CCC2C(C)CC(=O)OC2C1. The minimum atomic E-state index is 0.0333. The molecule has 0 spiro atoms. The van der Waals surface area contributed by atoms with Crippen molar-refractivity contribution in [3.05, 3.63) is 0 Å². The Balaban J connectivity index is 1.80. The van der Waals surface area contributed by atoms with E-state index in [9.17, 15) is 4.79 Å². The van der Waals surface area contributed by atoms with Gasteiger partial charge in [-0.3, -0.25) is 4.79 Å². The van der Waals surface area contributed by atoms with Crippen molar-refractivity contribution in [1.82, 2.24) is 0 Å². The average Bonchev–Trinajstić information content (AvgIpc) is 2.37. The smallest absolute Gasteiger partial charge is 0.306 e. The molecule has 20 heavy (non-hydrogen) atoms. The van der Waals surface area contributed by atoms with Gasteiger partial charge in [-0.15, -0.1) is 0 Å². The summed E-state index contributed by atoms with van der Waals surface area (Å²) in [6.07, 6.45) is 12.6. The second-order valence-corrected chi connectivity index (χ2v) is 7.59. The van der Waals surface area contributed by atoms with E-state index in [0.717, 1.165) is 6.42 Å². The lowest BCUT2D eigenvalue weighted by molar-refractivity contribution is -0.170. The topological polar surface area (TPSA) is 26.3 Å². The molecule has 0 aromatic rings. The van der Waals surface area contributed by atoms with Gasteiger partial charge in [-0.25, -0.2) is 0 Å². The normalized spacial score (nSPS) is 37.4. The summed E-state index contributed by atoms with van der Waals surface area (Å²) in [5, 5.41) is 0. The molecule has 1 aliphatic heterocycles. The van der Waals surface area contributed by atoms with Crippen LogP contribution in [-0.4, -0.2) is 12.1 Å². The van der Waals surface area contributed by atoms with Crippen LogP contribution in [0.5, 0.6) is 0 Å². The van der Waals surface area contributed by atoms with Crippen LogP contribution in [-0.2, 0) is 9.53 Å². The number of carbonyl (C=O) groups excluding carboxylic acids is 1. The highest BCUT2D eigenvalue weighted by atomic mass is 16.5. The van der Waals surface area contributed by atoms with E-state index in [1.54, 1.807) is 0 Å². The summed E-state index contributed by atoms with van der Waals surface area (Å²) in [6.45, 7) is 6.91. The third kappa shape index (κ3) is 3.99. The number of rotatable bonds is 6. The third-order valence-corrected chi connectivity index (χ3v) is 5.64. The maximum atomic E-state index is 11.6. The molecule has 2 nitrogen and oxygen atoms in total. The molecule has 2 rings (SSSR count). The van der Waals surface area contributed by atoms with Gasteiger partial charge in [0.15, 0.2) is 0 Å². The summed E-state index contributed by atoms with van der Waals surface area (Å²) < 4.78 is 5.66. The van der Waals surface area contributed by atoms with Crippen molar-refractivity contribution in [2.75, 3.05) is 0 Å². The molecule has 0 amide bonds. The molecule has 2 heteroatoms. The van der Waals surface area contributed by atoms with E-state index in [1.165, 1.54) is 51.4 Å². The van der Waals surface area contributed by atoms with Crippen molar-refractivity contribution in [2.45, 2.75) is 91.1 Å². The zero-order valence-electron chi connectivity index (χ0n) is 13.6. The highest BCUT2D eigenvalue weighted by Crippen LogP contribution is 2.47. The Kier molecular flexibility index (Phi) is 5.51. The number of carbonyl (C=O) groups is 1. The van der Waals surface area contributed by atoms with Gasteiger partial charge in [0.05, 0.1) is 0 Å². The van der Waals surface area contributed by atoms with Crippen LogP contribution >= 0.6 is 0 Å². The van der Waals surface area contributed by atoms with E-state index in [0.29, 0.717) is 23.7 Å². The zero-order valence-corrected chi connectivity index (χ0v) is 13.6. The first-order valence-electron chi connectivity index (χ1n) is 8.73. The molecule has 1 heterocycles. The molecule has 2 fully saturated rings. The Morgan fingerprint density at radius 2 is 2.00 bits per heavy atom. The first kappa shape index (κ1) is 15.9. The van der Waals surface area contributed by atoms with Gasteiger partial charge in [0.2, 0.25) is 0 Å². The predicted molar refractivity (Wildman–Crippen MR) is 82.5 cm³/mol. The van der Waals surface area contributed by atoms with E-state index in [4.69, 9.17) is 4.74 Å². The molecule has 0 bridgehead atoms. The van der Waals surface area contributed by atoms with Gasteiger partial charge in [0.1, 0.15) is 6.10 Å². The quantitative estimate of drug-likeness (QED) is 0.499. The molecule has 0 aromatic carbocycles. The maximum Gasteiger partial charge on any atom is 0.306 e. The lowest BCUT2D eigenvalue weighted by Crippen LogP contribution is -2.45. The maximum absolute atomic E-state index is 11.6. The molecule has 4 unspecified atom stereocenters. The average molecular weight is 280 g/mol. The summed E-state index contributed by atoms with van der Waals surface area (Å²) in [4.78, 5) is 11.6. The molecule has 0 aromatic heterocycles. The fourth-order valence-electron chi connectivity index (χ4n) is 4.23. The van der Waals surface area contributed by atoms with Crippen LogP contribution < -0.4 is 0 Å². The molecule has 1 saturated carbocycles. The second-order valence-electron chi connectivity index (χ2n) is 7.59. The van der Waals surface area contributed by atoms with E-state index < -0.39 is 0 Å². The molecular weight excluding hydrogens is 248 g/mol. The Morgan fingerprint density at radius 1 is 1.25 bits per heavy atom. The zero-order chi connectivity index (χ0) is 14.6. The van der Waals surface area contributed by atoms with Crippen LogP contribution in [0.2, 0.25) is 0 Å². The van der Waals surface area contributed by atoms with E-state index in [2.05, 4.69) is 20.8 Å². The molecule has 1 aliphatic carbocycles. The van der Waals surface area contributed by atoms with Crippen LogP contribution in [0.15, 0.2) is 0 Å². The Morgan fingerprint density at radius 3 is 2.75 bits per heavy atom. The van der Waals surface area contributed by atoms with Crippen molar-refractivity contribution in [3.63, 3.8) is 0 Å². The van der Waals surface area contributed by atoms with Gasteiger partial charge in [-0.2, -0.15) is 0 Å². The first-order chi connectivity index (χ1) is 9.54. The number of fused-ring (bicyclic) bond motifs is 1. The molecule has 2 aliphatic rings. The summed E-state index contributed by atoms with van der Waals surface area (Å²) in [5.74, 6) is 1.18. The van der Waals surface area contributed by atoms with Crippen molar-refractivity contribution in [1.29, 1.82) is 0 Å². The van der Waals surface area contributed by atoms with Gasteiger partial charge in [-0.05, 0) is 42.9 Å². The fourth-order valence-corrected chi connectivity index (χ4v) is 4.23. The van der Waals surface area contributed by atoms with Crippen LogP contribution in [0, 0.1) is 17.3 Å². The summed E-state index contributed by atoms with van der Waals surface area (Å²) in [7, 11) is 0. The molecule has 0 radical (unpaired) electrons. The minimum absolute atomic E-state index is 0.0333. The Bertz CT molecular complexity index is 325. The predicted octanol–water partition coefficient (Wildman–Crippen LogP) is 5.10. The van der Waals surface area contributed by atoms with Crippen molar-refractivity contribution >= 4 is 5.97 Å². The molecular formula is C18H32O2. The number of unbranched alkanes of at least 4 members (excludes halogenated alkanes) is 4. The highest BCUT2D eigenvalue weighted by molar-refractivity contribution is 5.70. The minimum Gasteiger partial charge on any atom is -0.462 e. The lowest BCUT2D eigenvalue weighted by Gasteiger charge is -2.46. The summed E-state index contributed by atoms with van der Waals surface area (Å²) in [6, 6.07) is 0. The van der Waals surface area contributed by atoms with Gasteiger partial charge >= 0.3 is 5.97 Å². The van der Waals surface area contributed by atoms with Crippen LogP contribution in [0.25, 0.3) is 0 Å². The molecule has 116 valence electrons. The van der Waals surface area contributed by atoms with Gasteiger partial charge in [-0.1, -0.05) is 52.9 Å². The fraction of sp³-hybridized carbons (Fsp3) is 0.944. The van der Waals surface area contributed by atoms with Crippen LogP contribution in [0.1, 0.15) is 85.0 Å². The largest absolute Gasteiger partial charge is 0.462 e. The van der Waals surface area contributed by atoms with E-state index >= 15 is 0 Å². The van der Waals surface area contributed by atoms with Crippen molar-refractivity contribution < 1.29 is 9.53 Å². The molecule has 1 saturated heterocycles. The summed E-state index contributed by atoms with van der Waals surface area (Å²) in [5.41, 5.74) is 0.407. The van der Waals surface area contributed by atoms with Crippen LogP contribution in [0.3, 0.4) is 0 Å². The molecule has 4 atom stereocenters. The highest BCUT2D eigenvalue weighted by Gasteiger charge is 2.44. The monoisotopic (exact) mass is 280 g/mol. The van der Waals surface area contributed by atoms with Crippen molar-refractivity contribution in [3.8, 4) is 0 Å². The second kappa shape index (κ2) is 6.95. The van der Waals surface area contributed by atoms with Gasteiger partial charge in [0, 0.05) is 6.42 Å². The lowest BCUT2D eigenvalue weighted by atomic mass is 9.64. The number of esters is 1. The van der Waals surface area contributed by atoms with Gasteiger partial charge < -0.3 is 4.74 Å². The Labute approximate surface area is 124 Å². The van der Waals surface area contributed by atoms with E-state index in [-0.39, 0.29) is 12.1 Å². The van der Waals surface area contributed by atoms with Crippen LogP contribution in [0.4, 0.5) is 0 Å². The van der Waals surface area contributed by atoms with Gasteiger partial charge in [0.25, 0.3) is 0 Å². The Hall–Kier alpha value is -0.530. The standard InChI is InChI=1S/C18H32O2/c1-4-5-6-7-8-10-18(3)11-9-15-14(2)12-17(19)20-16(15)13-18/h14-16H,4-13H2,1-3H3. The van der Waals surface area contributed by atoms with Crippen molar-refractivity contribution in [2.24, 2.45) is 17.3 Å². The number of hydrogen-bond acceptors (Lipinski definition) is 2. The summed E-state index contributed by atoms with van der Waals surface area (Å²) >= 11 is 0.